The van der Waals surface area contributed by atoms with Crippen LogP contribution in [0.2, 0.25) is 5.02 Å². The first-order chi connectivity index (χ1) is 9.31. The first kappa shape index (κ1) is 14.7. The summed E-state index contributed by atoms with van der Waals surface area (Å²) in [6.45, 7) is 1.68. The summed E-state index contributed by atoms with van der Waals surface area (Å²) in [7, 11) is 0. The normalized spacial score (nSPS) is 16.4. The van der Waals surface area contributed by atoms with E-state index in [1.807, 2.05) is 0 Å². The molecule has 1 aromatic carbocycles. The topological polar surface area (TPSA) is 98.3 Å². The number of nitro benzene ring substituents is 1. The molecule has 0 bridgehead atoms. The zero-order valence-corrected chi connectivity index (χ0v) is 11.9. The maximum absolute atomic E-state index is 11.9. The van der Waals surface area contributed by atoms with Crippen molar-refractivity contribution in [3.63, 3.8) is 0 Å². The van der Waals surface area contributed by atoms with Crippen molar-refractivity contribution >= 4 is 28.9 Å². The van der Waals surface area contributed by atoms with Crippen molar-refractivity contribution in [2.45, 2.75) is 38.1 Å². The minimum Gasteiger partial charge on any atom is -0.326 e. The van der Waals surface area contributed by atoms with Crippen molar-refractivity contribution < 1.29 is 9.72 Å². The molecule has 6 nitrogen and oxygen atoms in total. The lowest BCUT2D eigenvalue weighted by atomic mass is 9.75. The molecule has 0 unspecified atom stereocenters. The molecule has 3 N–H and O–H groups in total. The fourth-order valence-electron chi connectivity index (χ4n) is 2.26. The second kappa shape index (κ2) is 5.38. The molecule has 1 saturated carbocycles. The maximum atomic E-state index is 11.9. The van der Waals surface area contributed by atoms with Crippen molar-refractivity contribution in [1.29, 1.82) is 0 Å². The van der Waals surface area contributed by atoms with Crippen LogP contribution in [0.1, 0.15) is 31.2 Å². The standard InChI is InChI=1S/C13H16ClN3O3/c1-8-5-11(17(19)20)9(14)6-10(8)16-12(18)7-13(15)3-2-4-13/h5-6H,2-4,7,15H2,1H3,(H,16,18). The average molecular weight is 298 g/mol. The minimum atomic E-state index is -0.551. The van der Waals surface area contributed by atoms with Crippen molar-refractivity contribution in [2.75, 3.05) is 5.32 Å². The van der Waals surface area contributed by atoms with E-state index >= 15 is 0 Å². The van der Waals surface area contributed by atoms with Crippen LogP contribution in [-0.2, 0) is 4.79 Å². The van der Waals surface area contributed by atoms with Crippen LogP contribution in [0.3, 0.4) is 0 Å². The van der Waals surface area contributed by atoms with Gasteiger partial charge in [0.15, 0.2) is 0 Å². The molecule has 0 saturated heterocycles. The number of rotatable bonds is 4. The molecular formula is C13H16ClN3O3. The van der Waals surface area contributed by atoms with Crippen LogP contribution in [0.15, 0.2) is 12.1 Å². The van der Waals surface area contributed by atoms with Gasteiger partial charge in [-0.1, -0.05) is 11.6 Å². The predicted octanol–water partition coefficient (Wildman–Crippen LogP) is 2.77. The summed E-state index contributed by atoms with van der Waals surface area (Å²) in [4.78, 5) is 22.1. The SMILES string of the molecule is Cc1cc([N+](=O)[O-])c(Cl)cc1NC(=O)CC1(N)CCC1. The summed E-state index contributed by atoms with van der Waals surface area (Å²) in [5.74, 6) is -0.194. The van der Waals surface area contributed by atoms with Crippen molar-refractivity contribution in [1.82, 2.24) is 0 Å². The number of nitrogens with two attached hydrogens (primary N) is 1. The average Bonchev–Trinajstić information content (AvgIpc) is 2.31. The second-order valence-corrected chi connectivity index (χ2v) is 5.72. The Labute approximate surface area is 121 Å². The highest BCUT2D eigenvalue weighted by Crippen LogP contribution is 2.34. The Morgan fingerprint density at radius 1 is 1.55 bits per heavy atom. The summed E-state index contributed by atoms with van der Waals surface area (Å²) in [6, 6.07) is 2.75. The molecule has 20 heavy (non-hydrogen) atoms. The Hall–Kier alpha value is -1.66. The third-order valence-corrected chi connectivity index (χ3v) is 3.93. The summed E-state index contributed by atoms with van der Waals surface area (Å²) >= 11 is 5.83. The number of hydrogen-bond donors (Lipinski definition) is 2. The second-order valence-electron chi connectivity index (χ2n) is 5.32. The highest BCUT2D eigenvalue weighted by Gasteiger charge is 2.34. The lowest BCUT2D eigenvalue weighted by Gasteiger charge is -2.37. The molecule has 0 aliphatic heterocycles. The van der Waals surface area contributed by atoms with Crippen LogP contribution in [-0.4, -0.2) is 16.4 Å². The number of benzene rings is 1. The molecule has 1 aliphatic carbocycles. The van der Waals surface area contributed by atoms with Crippen LogP contribution >= 0.6 is 11.6 Å². The van der Waals surface area contributed by atoms with E-state index in [1.165, 1.54) is 12.1 Å². The number of amides is 1. The van der Waals surface area contributed by atoms with Gasteiger partial charge in [0.2, 0.25) is 5.91 Å². The van der Waals surface area contributed by atoms with Gasteiger partial charge < -0.3 is 11.1 Å². The van der Waals surface area contributed by atoms with Crippen LogP contribution in [0.25, 0.3) is 0 Å². The molecule has 0 atom stereocenters. The molecule has 0 aromatic heterocycles. The van der Waals surface area contributed by atoms with Crippen LogP contribution < -0.4 is 11.1 Å². The van der Waals surface area contributed by atoms with Crippen LogP contribution in [0, 0.1) is 17.0 Å². The third kappa shape index (κ3) is 3.08. The first-order valence-corrected chi connectivity index (χ1v) is 6.72. The van der Waals surface area contributed by atoms with Gasteiger partial charge in [-0.05, 0) is 37.8 Å². The number of aryl methyl sites for hydroxylation is 1. The zero-order valence-electron chi connectivity index (χ0n) is 11.1. The van der Waals surface area contributed by atoms with Gasteiger partial charge in [0.05, 0.1) is 4.92 Å². The van der Waals surface area contributed by atoms with Gasteiger partial charge in [-0.3, -0.25) is 14.9 Å². The largest absolute Gasteiger partial charge is 0.326 e. The maximum Gasteiger partial charge on any atom is 0.288 e. The Kier molecular flexibility index (Phi) is 3.96. The fourth-order valence-corrected chi connectivity index (χ4v) is 2.50. The summed E-state index contributed by atoms with van der Waals surface area (Å²) in [5, 5.41) is 13.5. The van der Waals surface area contributed by atoms with Gasteiger partial charge in [-0.15, -0.1) is 0 Å². The first-order valence-electron chi connectivity index (χ1n) is 6.34. The number of nitrogens with zero attached hydrogens (tertiary/aromatic N) is 1. The lowest BCUT2D eigenvalue weighted by molar-refractivity contribution is -0.384. The summed E-state index contributed by atoms with van der Waals surface area (Å²) in [6.07, 6.45) is 2.99. The van der Waals surface area contributed by atoms with Gasteiger partial charge in [-0.2, -0.15) is 0 Å². The third-order valence-electron chi connectivity index (χ3n) is 3.63. The number of halogens is 1. The number of anilines is 1. The highest BCUT2D eigenvalue weighted by atomic mass is 35.5. The Bertz CT molecular complexity index is 570. The van der Waals surface area contributed by atoms with E-state index in [4.69, 9.17) is 17.3 Å². The minimum absolute atomic E-state index is 0.00186. The molecule has 0 radical (unpaired) electrons. The summed E-state index contributed by atoms with van der Waals surface area (Å²) in [5.41, 5.74) is 6.51. The van der Waals surface area contributed by atoms with E-state index in [2.05, 4.69) is 5.32 Å². The zero-order chi connectivity index (χ0) is 14.9. The molecule has 108 valence electrons. The van der Waals surface area contributed by atoms with E-state index in [9.17, 15) is 14.9 Å². The quantitative estimate of drug-likeness (QED) is 0.659. The van der Waals surface area contributed by atoms with E-state index in [0.29, 0.717) is 11.3 Å². The molecule has 2 rings (SSSR count). The van der Waals surface area contributed by atoms with Gasteiger partial charge in [0.25, 0.3) is 5.69 Å². The van der Waals surface area contributed by atoms with E-state index < -0.39 is 10.5 Å². The van der Waals surface area contributed by atoms with Crippen LogP contribution in [0.4, 0.5) is 11.4 Å². The molecule has 0 spiro atoms. The molecular weight excluding hydrogens is 282 g/mol. The Balaban J connectivity index is 2.11. The van der Waals surface area contributed by atoms with Gasteiger partial charge in [0, 0.05) is 23.7 Å². The van der Waals surface area contributed by atoms with E-state index in [1.54, 1.807) is 6.92 Å². The molecule has 7 heteroatoms. The number of nitro groups is 1. The predicted molar refractivity (Wildman–Crippen MR) is 76.9 cm³/mol. The van der Waals surface area contributed by atoms with Gasteiger partial charge >= 0.3 is 0 Å². The van der Waals surface area contributed by atoms with E-state index in [0.717, 1.165) is 19.3 Å². The number of carbonyl (C=O) groups excluding carboxylic acids is 1. The Morgan fingerprint density at radius 3 is 2.70 bits per heavy atom. The molecule has 0 heterocycles. The highest BCUT2D eigenvalue weighted by molar-refractivity contribution is 6.33. The lowest BCUT2D eigenvalue weighted by Crippen LogP contribution is -2.48. The number of nitrogens with one attached hydrogen (secondary N) is 1. The molecule has 1 amide bonds. The van der Waals surface area contributed by atoms with Crippen LogP contribution in [0.5, 0.6) is 0 Å². The van der Waals surface area contributed by atoms with Gasteiger partial charge in [0.1, 0.15) is 5.02 Å². The smallest absolute Gasteiger partial charge is 0.288 e. The molecule has 1 aromatic rings. The number of hydrogen-bond acceptors (Lipinski definition) is 4. The Morgan fingerprint density at radius 2 is 2.20 bits per heavy atom. The van der Waals surface area contributed by atoms with E-state index in [-0.39, 0.29) is 23.0 Å². The van der Waals surface area contributed by atoms with Crippen molar-refractivity contribution in [3.8, 4) is 0 Å². The summed E-state index contributed by atoms with van der Waals surface area (Å²) < 4.78 is 0. The number of carbonyl (C=O) groups is 1. The van der Waals surface area contributed by atoms with Gasteiger partial charge in [-0.25, -0.2) is 0 Å². The monoisotopic (exact) mass is 297 g/mol. The van der Waals surface area contributed by atoms with Crippen molar-refractivity contribution in [3.05, 3.63) is 32.8 Å². The molecule has 1 fully saturated rings. The fraction of sp³-hybridized carbons (Fsp3) is 0.462. The van der Waals surface area contributed by atoms with Crippen molar-refractivity contribution in [2.24, 2.45) is 5.73 Å². The molecule has 1 aliphatic rings.